The van der Waals surface area contributed by atoms with Crippen molar-refractivity contribution >= 4 is 5.78 Å². The number of unbranched alkanes of at least 4 members (excludes halogenated alkanes) is 1. The number of hydrogen-bond donors (Lipinski definition) is 0. The van der Waals surface area contributed by atoms with E-state index in [1.807, 2.05) is 24.3 Å². The van der Waals surface area contributed by atoms with Crippen LogP contribution in [0.2, 0.25) is 0 Å². The number of methoxy groups -OCH3 is 1. The summed E-state index contributed by atoms with van der Waals surface area (Å²) in [5.74, 6) is 1.84. The Morgan fingerprint density at radius 2 is 2.18 bits per heavy atom. The molecular formula is C15H20O2. The van der Waals surface area contributed by atoms with E-state index in [1.165, 1.54) is 19.3 Å². The van der Waals surface area contributed by atoms with Crippen molar-refractivity contribution in [2.45, 2.75) is 32.6 Å². The minimum absolute atomic E-state index is 0.248. The molecule has 0 amide bonds. The van der Waals surface area contributed by atoms with Crippen LogP contribution in [0, 0.1) is 11.8 Å². The molecule has 1 saturated carbocycles. The molecule has 1 aromatic carbocycles. The van der Waals surface area contributed by atoms with Crippen LogP contribution in [-0.4, -0.2) is 12.9 Å². The van der Waals surface area contributed by atoms with E-state index >= 15 is 0 Å². The lowest BCUT2D eigenvalue weighted by molar-refractivity contribution is 0.0957. The van der Waals surface area contributed by atoms with Crippen LogP contribution >= 0.6 is 0 Å². The molecule has 0 N–H and O–H groups in total. The highest BCUT2D eigenvalue weighted by Crippen LogP contribution is 2.45. The molecule has 0 unspecified atom stereocenters. The second kappa shape index (κ2) is 5.35. The number of carbonyl (C=O) groups is 1. The Balaban J connectivity index is 2.01. The van der Waals surface area contributed by atoms with Gasteiger partial charge in [-0.05, 0) is 30.9 Å². The predicted molar refractivity (Wildman–Crippen MR) is 68.4 cm³/mol. The van der Waals surface area contributed by atoms with E-state index in [0.29, 0.717) is 11.7 Å². The number of para-hydroxylation sites is 1. The highest BCUT2D eigenvalue weighted by Gasteiger charge is 2.42. The third-order valence-corrected chi connectivity index (χ3v) is 3.56. The van der Waals surface area contributed by atoms with Crippen molar-refractivity contribution in [1.82, 2.24) is 0 Å². The molecule has 0 bridgehead atoms. The zero-order valence-electron chi connectivity index (χ0n) is 10.6. The van der Waals surface area contributed by atoms with Gasteiger partial charge < -0.3 is 4.74 Å². The fourth-order valence-corrected chi connectivity index (χ4v) is 2.40. The molecular weight excluding hydrogens is 212 g/mol. The lowest BCUT2D eigenvalue weighted by Crippen LogP contribution is -2.05. The second-order valence-corrected chi connectivity index (χ2v) is 4.81. The van der Waals surface area contributed by atoms with Gasteiger partial charge in [-0.3, -0.25) is 4.79 Å². The van der Waals surface area contributed by atoms with Crippen molar-refractivity contribution in [3.05, 3.63) is 29.8 Å². The molecule has 0 saturated heterocycles. The van der Waals surface area contributed by atoms with Gasteiger partial charge in [0.2, 0.25) is 0 Å². The van der Waals surface area contributed by atoms with Crippen LogP contribution in [0.15, 0.2) is 24.3 Å². The predicted octanol–water partition coefficient (Wildman–Crippen LogP) is 3.70. The van der Waals surface area contributed by atoms with Gasteiger partial charge >= 0.3 is 0 Å². The Morgan fingerprint density at radius 3 is 2.88 bits per heavy atom. The monoisotopic (exact) mass is 232 g/mol. The van der Waals surface area contributed by atoms with E-state index in [9.17, 15) is 4.79 Å². The zero-order chi connectivity index (χ0) is 12.3. The van der Waals surface area contributed by atoms with Gasteiger partial charge in [0, 0.05) is 5.92 Å². The van der Waals surface area contributed by atoms with Gasteiger partial charge in [-0.2, -0.15) is 0 Å². The normalized spacial score (nSPS) is 22.2. The average molecular weight is 232 g/mol. The molecule has 2 nitrogen and oxygen atoms in total. The Kier molecular flexibility index (Phi) is 3.82. The Hall–Kier alpha value is -1.31. The van der Waals surface area contributed by atoms with Crippen molar-refractivity contribution in [1.29, 1.82) is 0 Å². The SMILES string of the molecule is CCCC[C@H]1C[C@@H]1C(=O)c1ccccc1OC. The zero-order valence-corrected chi connectivity index (χ0v) is 10.6. The Morgan fingerprint density at radius 1 is 1.41 bits per heavy atom. The van der Waals surface area contributed by atoms with Crippen molar-refractivity contribution in [3.8, 4) is 5.75 Å². The summed E-state index contributed by atoms with van der Waals surface area (Å²) in [5, 5.41) is 0. The molecule has 0 heterocycles. The van der Waals surface area contributed by atoms with Crippen LogP contribution in [-0.2, 0) is 0 Å². The fourth-order valence-electron chi connectivity index (χ4n) is 2.40. The second-order valence-electron chi connectivity index (χ2n) is 4.81. The molecule has 0 aliphatic heterocycles. The van der Waals surface area contributed by atoms with Gasteiger partial charge in [0.05, 0.1) is 12.7 Å². The van der Waals surface area contributed by atoms with Gasteiger partial charge in [0.15, 0.2) is 5.78 Å². The molecule has 1 aromatic rings. The summed E-state index contributed by atoms with van der Waals surface area (Å²) in [4.78, 5) is 12.3. The Bertz CT molecular complexity index is 398. The molecule has 1 aliphatic carbocycles. The van der Waals surface area contributed by atoms with E-state index < -0.39 is 0 Å². The number of rotatable bonds is 6. The lowest BCUT2D eigenvalue weighted by Gasteiger charge is -2.06. The molecule has 0 radical (unpaired) electrons. The minimum Gasteiger partial charge on any atom is -0.496 e. The third kappa shape index (κ3) is 2.68. The van der Waals surface area contributed by atoms with Crippen molar-refractivity contribution in [3.63, 3.8) is 0 Å². The van der Waals surface area contributed by atoms with E-state index in [1.54, 1.807) is 7.11 Å². The smallest absolute Gasteiger partial charge is 0.169 e. The first-order chi connectivity index (χ1) is 8.27. The molecule has 2 rings (SSSR count). The van der Waals surface area contributed by atoms with Gasteiger partial charge in [0.25, 0.3) is 0 Å². The van der Waals surface area contributed by atoms with Crippen LogP contribution in [0.4, 0.5) is 0 Å². The van der Waals surface area contributed by atoms with E-state index in [-0.39, 0.29) is 11.7 Å². The van der Waals surface area contributed by atoms with Crippen molar-refractivity contribution in [2.24, 2.45) is 11.8 Å². The summed E-state index contributed by atoms with van der Waals surface area (Å²) < 4.78 is 5.24. The number of carbonyl (C=O) groups excluding carboxylic acids is 1. The average Bonchev–Trinajstić information content (AvgIpc) is 3.15. The van der Waals surface area contributed by atoms with E-state index in [2.05, 4.69) is 6.92 Å². The van der Waals surface area contributed by atoms with E-state index in [4.69, 9.17) is 4.74 Å². The number of benzene rings is 1. The fraction of sp³-hybridized carbons (Fsp3) is 0.533. The number of ether oxygens (including phenoxy) is 1. The van der Waals surface area contributed by atoms with Gasteiger partial charge in [-0.25, -0.2) is 0 Å². The van der Waals surface area contributed by atoms with Gasteiger partial charge in [-0.15, -0.1) is 0 Å². The van der Waals surface area contributed by atoms with Gasteiger partial charge in [-0.1, -0.05) is 31.9 Å². The lowest BCUT2D eigenvalue weighted by atomic mass is 10.0. The quantitative estimate of drug-likeness (QED) is 0.699. The number of Topliss-reactive ketones (excluding diaryl/α,β-unsaturated/α-hetero) is 1. The van der Waals surface area contributed by atoms with Crippen molar-refractivity contribution in [2.75, 3.05) is 7.11 Å². The third-order valence-electron chi connectivity index (χ3n) is 3.56. The largest absolute Gasteiger partial charge is 0.496 e. The van der Waals surface area contributed by atoms with E-state index in [0.717, 1.165) is 12.0 Å². The molecule has 2 atom stereocenters. The maximum Gasteiger partial charge on any atom is 0.169 e. The van der Waals surface area contributed by atoms with Crippen LogP contribution in [0.1, 0.15) is 43.0 Å². The Labute approximate surface area is 103 Å². The van der Waals surface area contributed by atoms with Crippen LogP contribution in [0.25, 0.3) is 0 Å². The molecule has 1 fully saturated rings. The van der Waals surface area contributed by atoms with Gasteiger partial charge in [0.1, 0.15) is 5.75 Å². The summed E-state index contributed by atoms with van der Waals surface area (Å²) in [6.07, 6.45) is 4.71. The molecule has 0 spiro atoms. The maximum atomic E-state index is 12.3. The maximum absolute atomic E-state index is 12.3. The van der Waals surface area contributed by atoms with Crippen LogP contribution in [0.3, 0.4) is 0 Å². The first-order valence-corrected chi connectivity index (χ1v) is 6.45. The van der Waals surface area contributed by atoms with Crippen LogP contribution < -0.4 is 4.74 Å². The molecule has 1 aliphatic rings. The first kappa shape index (κ1) is 12.2. The first-order valence-electron chi connectivity index (χ1n) is 6.45. The number of hydrogen-bond acceptors (Lipinski definition) is 2. The summed E-state index contributed by atoms with van der Waals surface area (Å²) in [6, 6.07) is 7.53. The highest BCUT2D eigenvalue weighted by atomic mass is 16.5. The molecule has 92 valence electrons. The summed E-state index contributed by atoms with van der Waals surface area (Å²) in [6.45, 7) is 2.19. The number of ketones is 1. The minimum atomic E-state index is 0.248. The summed E-state index contributed by atoms with van der Waals surface area (Å²) >= 11 is 0. The summed E-state index contributed by atoms with van der Waals surface area (Å²) in [7, 11) is 1.62. The molecule has 17 heavy (non-hydrogen) atoms. The topological polar surface area (TPSA) is 26.3 Å². The van der Waals surface area contributed by atoms with Crippen LogP contribution in [0.5, 0.6) is 5.75 Å². The van der Waals surface area contributed by atoms with Crippen molar-refractivity contribution < 1.29 is 9.53 Å². The molecule has 0 aromatic heterocycles. The standard InChI is InChI=1S/C15H20O2/c1-3-4-7-11-10-13(11)15(16)12-8-5-6-9-14(12)17-2/h5-6,8-9,11,13H,3-4,7,10H2,1-2H3/t11-,13-/m0/s1. The highest BCUT2D eigenvalue weighted by molar-refractivity contribution is 6.01. The summed E-state index contributed by atoms with van der Waals surface area (Å²) in [5.41, 5.74) is 0.749. The molecule has 2 heteroatoms.